The Morgan fingerprint density at radius 2 is 2.00 bits per heavy atom. The molecule has 0 aliphatic heterocycles. The van der Waals surface area contributed by atoms with Gasteiger partial charge in [-0.25, -0.2) is 0 Å². The number of amides is 2. The molecule has 3 rings (SSSR count). The van der Waals surface area contributed by atoms with Crippen LogP contribution in [0.2, 0.25) is 0 Å². The molecule has 8 heteroatoms. The van der Waals surface area contributed by atoms with Crippen LogP contribution in [-0.2, 0) is 24.1 Å². The fourth-order valence-corrected chi connectivity index (χ4v) is 4.32. The van der Waals surface area contributed by atoms with E-state index in [4.69, 9.17) is 0 Å². The lowest BCUT2D eigenvalue weighted by atomic mass is 9.87. The van der Waals surface area contributed by atoms with Gasteiger partial charge in [0.05, 0.1) is 16.2 Å². The molecule has 0 saturated heterocycles. The van der Waals surface area contributed by atoms with Gasteiger partial charge in [-0.1, -0.05) is 25.5 Å². The van der Waals surface area contributed by atoms with Gasteiger partial charge >= 0.3 is 0 Å². The largest absolute Gasteiger partial charge is 0.279 e. The molecular weight excluding hydrogens is 366 g/mol. The smallest absolute Gasteiger partial charge is 0.273 e. The van der Waals surface area contributed by atoms with Crippen LogP contribution in [0.1, 0.15) is 45.4 Å². The van der Waals surface area contributed by atoms with E-state index in [1.54, 1.807) is 0 Å². The minimum atomic E-state index is -0.493. The number of nitro benzene ring substituents is 1. The molecule has 1 aromatic heterocycles. The third-order valence-electron chi connectivity index (χ3n) is 4.81. The number of benzene rings is 1. The second-order valence-electron chi connectivity index (χ2n) is 6.68. The Morgan fingerprint density at radius 3 is 2.67 bits per heavy atom. The quantitative estimate of drug-likeness (QED) is 0.608. The molecule has 0 bridgehead atoms. The van der Waals surface area contributed by atoms with Crippen molar-refractivity contribution in [2.45, 2.75) is 39.0 Å². The highest BCUT2D eigenvalue weighted by Gasteiger charge is 2.22. The Morgan fingerprint density at radius 1 is 1.26 bits per heavy atom. The van der Waals surface area contributed by atoms with E-state index >= 15 is 0 Å². The number of aryl methyl sites for hydroxylation is 1. The van der Waals surface area contributed by atoms with E-state index < -0.39 is 4.92 Å². The summed E-state index contributed by atoms with van der Waals surface area (Å²) >= 11 is 1.49. The Labute approximate surface area is 160 Å². The SMILES string of the molecule is CC[C@H]1CCc2sc(C(=O)NNC(=O)Cc3ccc([N+](=O)[O-])cc3)cc2C1. The number of hydrogen-bond donors (Lipinski definition) is 2. The Bertz CT molecular complexity index is 860. The number of carbonyl (C=O) groups excluding carboxylic acids is 2. The standard InChI is InChI=1S/C19H21N3O4S/c1-2-12-5-8-16-14(9-12)11-17(27-16)19(24)21-20-18(23)10-13-3-6-15(7-4-13)22(25)26/h3-4,6-7,11-12H,2,5,8-10H2,1H3,(H,20,23)(H,21,24)/t12-/m0/s1. The lowest BCUT2D eigenvalue weighted by Gasteiger charge is -2.19. The molecule has 1 aliphatic rings. The summed E-state index contributed by atoms with van der Waals surface area (Å²) in [6.45, 7) is 2.19. The van der Waals surface area contributed by atoms with Crippen molar-refractivity contribution < 1.29 is 14.5 Å². The molecule has 0 radical (unpaired) electrons. The molecule has 1 heterocycles. The molecule has 7 nitrogen and oxygen atoms in total. The minimum Gasteiger partial charge on any atom is -0.273 e. The van der Waals surface area contributed by atoms with Crippen LogP contribution in [0.4, 0.5) is 5.69 Å². The summed E-state index contributed by atoms with van der Waals surface area (Å²) in [5.74, 6) is -0.0199. The van der Waals surface area contributed by atoms with E-state index in [0.717, 1.165) is 25.7 Å². The van der Waals surface area contributed by atoms with E-state index in [9.17, 15) is 19.7 Å². The van der Waals surface area contributed by atoms with Gasteiger partial charge < -0.3 is 0 Å². The number of carbonyl (C=O) groups is 2. The molecule has 0 saturated carbocycles. The van der Waals surface area contributed by atoms with E-state index in [1.807, 2.05) is 6.07 Å². The average Bonchev–Trinajstić information content (AvgIpc) is 3.09. The van der Waals surface area contributed by atoms with E-state index in [0.29, 0.717) is 16.4 Å². The summed E-state index contributed by atoms with van der Waals surface area (Å²) in [5.41, 5.74) is 6.70. The summed E-state index contributed by atoms with van der Waals surface area (Å²) in [4.78, 5) is 36.3. The van der Waals surface area contributed by atoms with Gasteiger partial charge in [0.25, 0.3) is 11.6 Å². The van der Waals surface area contributed by atoms with E-state index in [-0.39, 0.29) is 23.9 Å². The third kappa shape index (κ3) is 4.71. The lowest BCUT2D eigenvalue weighted by molar-refractivity contribution is -0.384. The van der Waals surface area contributed by atoms with Gasteiger partial charge in [0.2, 0.25) is 5.91 Å². The number of nitrogens with one attached hydrogen (secondary N) is 2. The van der Waals surface area contributed by atoms with Gasteiger partial charge in [0, 0.05) is 17.0 Å². The number of nitrogens with zero attached hydrogens (tertiary/aromatic N) is 1. The predicted octanol–water partition coefficient (Wildman–Crippen LogP) is 3.17. The molecule has 1 aliphatic carbocycles. The second kappa shape index (κ2) is 8.30. The molecule has 2 amide bonds. The number of rotatable bonds is 5. The maximum absolute atomic E-state index is 12.3. The Balaban J connectivity index is 1.52. The summed E-state index contributed by atoms with van der Waals surface area (Å²) in [6, 6.07) is 7.68. The summed E-state index contributed by atoms with van der Waals surface area (Å²) in [7, 11) is 0. The van der Waals surface area contributed by atoms with Crippen molar-refractivity contribution in [2.24, 2.45) is 5.92 Å². The molecular formula is C19H21N3O4S. The molecule has 2 N–H and O–H groups in total. The Hall–Kier alpha value is -2.74. The summed E-state index contributed by atoms with van der Waals surface area (Å²) < 4.78 is 0. The van der Waals surface area contributed by atoms with Crippen molar-refractivity contribution in [3.05, 3.63) is 61.3 Å². The number of fused-ring (bicyclic) bond motifs is 1. The number of hydrazine groups is 1. The summed E-state index contributed by atoms with van der Waals surface area (Å²) in [5, 5.41) is 10.6. The maximum Gasteiger partial charge on any atom is 0.279 e. The highest BCUT2D eigenvalue weighted by molar-refractivity contribution is 7.14. The highest BCUT2D eigenvalue weighted by atomic mass is 32.1. The molecule has 142 valence electrons. The zero-order chi connectivity index (χ0) is 19.4. The van der Waals surface area contributed by atoms with Crippen molar-refractivity contribution in [3.8, 4) is 0 Å². The van der Waals surface area contributed by atoms with Crippen molar-refractivity contribution in [2.75, 3.05) is 0 Å². The first-order chi connectivity index (χ1) is 13.0. The number of thiophene rings is 1. The van der Waals surface area contributed by atoms with Crippen molar-refractivity contribution >= 4 is 28.8 Å². The van der Waals surface area contributed by atoms with Gasteiger partial charge in [-0.05, 0) is 42.4 Å². The average molecular weight is 387 g/mol. The van der Waals surface area contributed by atoms with Gasteiger partial charge in [-0.3, -0.25) is 30.6 Å². The fourth-order valence-electron chi connectivity index (χ4n) is 3.21. The van der Waals surface area contributed by atoms with Crippen molar-refractivity contribution in [1.29, 1.82) is 0 Å². The van der Waals surface area contributed by atoms with Gasteiger partial charge in [0.1, 0.15) is 0 Å². The predicted molar refractivity (Wildman–Crippen MR) is 103 cm³/mol. The number of non-ortho nitro benzene ring substituents is 1. The van der Waals surface area contributed by atoms with E-state index in [2.05, 4.69) is 17.8 Å². The molecule has 0 spiro atoms. The Kier molecular flexibility index (Phi) is 5.85. The minimum absolute atomic E-state index is 0.0252. The zero-order valence-corrected chi connectivity index (χ0v) is 15.8. The molecule has 1 atom stereocenters. The van der Waals surface area contributed by atoms with Crippen LogP contribution < -0.4 is 10.9 Å². The number of hydrogen-bond acceptors (Lipinski definition) is 5. The molecule has 27 heavy (non-hydrogen) atoms. The van der Waals surface area contributed by atoms with Gasteiger partial charge in [-0.15, -0.1) is 11.3 Å². The molecule has 1 aromatic carbocycles. The van der Waals surface area contributed by atoms with Crippen LogP contribution in [0.25, 0.3) is 0 Å². The summed E-state index contributed by atoms with van der Waals surface area (Å²) in [6.07, 6.45) is 4.37. The van der Waals surface area contributed by atoms with E-state index in [1.165, 1.54) is 46.0 Å². The van der Waals surface area contributed by atoms with Crippen LogP contribution in [-0.4, -0.2) is 16.7 Å². The van der Waals surface area contributed by atoms with Crippen LogP contribution in [0.15, 0.2) is 30.3 Å². The van der Waals surface area contributed by atoms with Gasteiger partial charge in [-0.2, -0.15) is 0 Å². The van der Waals surface area contributed by atoms with Crippen LogP contribution in [0.3, 0.4) is 0 Å². The monoisotopic (exact) mass is 387 g/mol. The van der Waals surface area contributed by atoms with Crippen molar-refractivity contribution in [1.82, 2.24) is 10.9 Å². The normalized spacial score (nSPS) is 15.7. The molecule has 2 aromatic rings. The van der Waals surface area contributed by atoms with Gasteiger partial charge in [0.15, 0.2) is 0 Å². The fraction of sp³-hybridized carbons (Fsp3) is 0.368. The van der Waals surface area contributed by atoms with Crippen molar-refractivity contribution in [3.63, 3.8) is 0 Å². The lowest BCUT2D eigenvalue weighted by Crippen LogP contribution is -2.42. The van der Waals surface area contributed by atoms with Crippen LogP contribution in [0.5, 0.6) is 0 Å². The van der Waals surface area contributed by atoms with Crippen LogP contribution >= 0.6 is 11.3 Å². The molecule has 0 fully saturated rings. The first kappa shape index (κ1) is 19.0. The molecule has 0 unspecified atom stereocenters. The first-order valence-corrected chi connectivity index (χ1v) is 9.72. The number of nitro groups is 1. The first-order valence-electron chi connectivity index (χ1n) is 8.90. The zero-order valence-electron chi connectivity index (χ0n) is 15.0. The maximum atomic E-state index is 12.3. The van der Waals surface area contributed by atoms with Crippen LogP contribution in [0, 0.1) is 16.0 Å². The highest BCUT2D eigenvalue weighted by Crippen LogP contribution is 2.33. The third-order valence-corrected chi connectivity index (χ3v) is 6.05. The topological polar surface area (TPSA) is 101 Å². The second-order valence-corrected chi connectivity index (χ2v) is 7.82.